The molecule has 0 spiro atoms. The molecule has 142 valence electrons. The van der Waals surface area contributed by atoms with E-state index < -0.39 is 10.9 Å². The number of hydrogen-bond acceptors (Lipinski definition) is 7. The van der Waals surface area contributed by atoms with Gasteiger partial charge >= 0.3 is 11.7 Å². The number of halogens is 1. The lowest BCUT2D eigenvalue weighted by molar-refractivity contribution is -0.386. The second kappa shape index (κ2) is 8.13. The number of nitro groups is 1. The van der Waals surface area contributed by atoms with Crippen LogP contribution in [0.2, 0.25) is 5.02 Å². The van der Waals surface area contributed by atoms with Gasteiger partial charge in [-0.3, -0.25) is 10.1 Å². The quantitative estimate of drug-likeness (QED) is 0.433. The van der Waals surface area contributed by atoms with Crippen LogP contribution in [0.25, 0.3) is 0 Å². The van der Waals surface area contributed by atoms with Gasteiger partial charge in [-0.05, 0) is 29.8 Å². The van der Waals surface area contributed by atoms with Gasteiger partial charge in [0.15, 0.2) is 17.2 Å². The van der Waals surface area contributed by atoms with Gasteiger partial charge in [0.1, 0.15) is 6.61 Å². The SMILES string of the molecule is COC(=O)c1ccc(OCc2cc(Cl)c3c(c2)OCCCO3)c([N+](=O)[O-])c1. The van der Waals surface area contributed by atoms with E-state index in [1.165, 1.54) is 19.2 Å². The van der Waals surface area contributed by atoms with E-state index in [0.717, 1.165) is 12.5 Å². The van der Waals surface area contributed by atoms with Crippen LogP contribution < -0.4 is 14.2 Å². The van der Waals surface area contributed by atoms with Crippen LogP contribution in [0.15, 0.2) is 30.3 Å². The van der Waals surface area contributed by atoms with Crippen molar-refractivity contribution in [3.8, 4) is 17.2 Å². The van der Waals surface area contributed by atoms with Crippen molar-refractivity contribution in [3.05, 3.63) is 56.6 Å². The van der Waals surface area contributed by atoms with Crippen molar-refractivity contribution in [1.29, 1.82) is 0 Å². The molecule has 0 bridgehead atoms. The molecule has 0 atom stereocenters. The number of nitro benzene ring substituents is 1. The molecule has 0 N–H and O–H groups in total. The molecule has 0 saturated carbocycles. The van der Waals surface area contributed by atoms with Crippen LogP contribution in [-0.4, -0.2) is 31.2 Å². The van der Waals surface area contributed by atoms with Crippen LogP contribution in [0.3, 0.4) is 0 Å². The molecule has 1 heterocycles. The van der Waals surface area contributed by atoms with E-state index in [1.807, 2.05) is 0 Å². The minimum atomic E-state index is -0.667. The molecule has 1 aliphatic heterocycles. The number of carbonyl (C=O) groups is 1. The molecule has 0 radical (unpaired) electrons. The molecular weight excluding hydrogens is 378 g/mol. The van der Waals surface area contributed by atoms with Gasteiger partial charge in [-0.15, -0.1) is 0 Å². The Morgan fingerprint density at radius 2 is 2.04 bits per heavy atom. The number of ether oxygens (including phenoxy) is 4. The van der Waals surface area contributed by atoms with Gasteiger partial charge < -0.3 is 18.9 Å². The zero-order valence-electron chi connectivity index (χ0n) is 14.4. The summed E-state index contributed by atoms with van der Waals surface area (Å²) in [5.41, 5.74) is 0.393. The van der Waals surface area contributed by atoms with Crippen molar-refractivity contribution in [2.75, 3.05) is 20.3 Å². The molecule has 8 nitrogen and oxygen atoms in total. The molecule has 0 unspecified atom stereocenters. The molecule has 1 aliphatic rings. The molecule has 3 rings (SSSR count). The minimum absolute atomic E-state index is 0.0226. The summed E-state index contributed by atoms with van der Waals surface area (Å²) in [4.78, 5) is 22.2. The second-order valence-electron chi connectivity index (χ2n) is 5.68. The lowest BCUT2D eigenvalue weighted by atomic mass is 10.2. The van der Waals surface area contributed by atoms with E-state index in [-0.39, 0.29) is 23.6 Å². The predicted octanol–water partition coefficient (Wildman–Crippen LogP) is 3.78. The highest BCUT2D eigenvalue weighted by Gasteiger charge is 2.20. The molecule has 27 heavy (non-hydrogen) atoms. The Kier molecular flexibility index (Phi) is 5.66. The predicted molar refractivity (Wildman–Crippen MR) is 95.8 cm³/mol. The number of nitrogens with zero attached hydrogens (tertiary/aromatic N) is 1. The topological polar surface area (TPSA) is 97.1 Å². The Bertz CT molecular complexity index is 884. The molecule has 0 fully saturated rings. The third-order valence-corrected chi connectivity index (χ3v) is 4.11. The Balaban J connectivity index is 1.82. The minimum Gasteiger partial charge on any atom is -0.489 e. The van der Waals surface area contributed by atoms with Crippen molar-refractivity contribution in [1.82, 2.24) is 0 Å². The summed E-state index contributed by atoms with van der Waals surface area (Å²) in [6, 6.07) is 7.25. The second-order valence-corrected chi connectivity index (χ2v) is 6.08. The third-order valence-electron chi connectivity index (χ3n) is 3.83. The highest BCUT2D eigenvalue weighted by Crippen LogP contribution is 2.38. The van der Waals surface area contributed by atoms with Crippen molar-refractivity contribution in [2.45, 2.75) is 13.0 Å². The van der Waals surface area contributed by atoms with E-state index in [9.17, 15) is 14.9 Å². The van der Waals surface area contributed by atoms with Gasteiger partial charge in [0.05, 0.1) is 35.8 Å². The first kappa shape index (κ1) is 18.8. The first-order valence-corrected chi connectivity index (χ1v) is 8.45. The Morgan fingerprint density at radius 3 is 2.78 bits per heavy atom. The number of carbonyl (C=O) groups excluding carboxylic acids is 1. The highest BCUT2D eigenvalue weighted by atomic mass is 35.5. The zero-order chi connectivity index (χ0) is 19.4. The highest BCUT2D eigenvalue weighted by molar-refractivity contribution is 6.32. The summed E-state index contributed by atoms with van der Waals surface area (Å²) < 4.78 is 21.3. The average molecular weight is 394 g/mol. The first-order valence-electron chi connectivity index (χ1n) is 8.07. The molecule has 2 aromatic rings. The summed E-state index contributed by atoms with van der Waals surface area (Å²) >= 11 is 6.23. The van der Waals surface area contributed by atoms with Crippen LogP contribution in [0.5, 0.6) is 17.2 Å². The fourth-order valence-corrected chi connectivity index (χ4v) is 2.84. The lowest BCUT2D eigenvalue weighted by Gasteiger charge is -2.12. The maximum atomic E-state index is 11.6. The number of rotatable bonds is 5. The molecule has 0 aromatic heterocycles. The van der Waals surface area contributed by atoms with Gasteiger partial charge in [-0.2, -0.15) is 0 Å². The molecule has 0 aliphatic carbocycles. The number of hydrogen-bond donors (Lipinski definition) is 0. The van der Waals surface area contributed by atoms with E-state index in [0.29, 0.717) is 35.3 Å². The van der Waals surface area contributed by atoms with E-state index >= 15 is 0 Å². The van der Waals surface area contributed by atoms with E-state index in [1.54, 1.807) is 12.1 Å². The van der Waals surface area contributed by atoms with Gasteiger partial charge in [0.25, 0.3) is 0 Å². The first-order chi connectivity index (χ1) is 13.0. The maximum absolute atomic E-state index is 11.6. The summed E-state index contributed by atoms with van der Waals surface area (Å²) in [7, 11) is 1.20. The monoisotopic (exact) mass is 393 g/mol. The number of esters is 1. The fraction of sp³-hybridized carbons (Fsp3) is 0.278. The molecular formula is C18H16ClNO7. The van der Waals surface area contributed by atoms with E-state index in [4.69, 9.17) is 25.8 Å². The standard InChI is InChI=1S/C18H16ClNO7/c1-24-18(21)12-3-4-15(14(9-12)20(22)23)27-10-11-7-13(19)17-16(8-11)25-5-2-6-26-17/h3-4,7-9H,2,5-6,10H2,1H3. The van der Waals surface area contributed by atoms with Gasteiger partial charge in [0.2, 0.25) is 0 Å². The van der Waals surface area contributed by atoms with Crippen molar-refractivity contribution in [2.24, 2.45) is 0 Å². The fourth-order valence-electron chi connectivity index (χ4n) is 2.56. The summed E-state index contributed by atoms with van der Waals surface area (Å²) in [6.07, 6.45) is 0.746. The zero-order valence-corrected chi connectivity index (χ0v) is 15.2. The molecule has 9 heteroatoms. The third kappa shape index (κ3) is 4.22. The van der Waals surface area contributed by atoms with Crippen molar-refractivity contribution < 1.29 is 28.7 Å². The Morgan fingerprint density at radius 1 is 1.26 bits per heavy atom. The molecule has 0 amide bonds. The lowest BCUT2D eigenvalue weighted by Crippen LogP contribution is -2.04. The van der Waals surface area contributed by atoms with Crippen molar-refractivity contribution >= 4 is 23.3 Å². The maximum Gasteiger partial charge on any atom is 0.338 e. The average Bonchev–Trinajstić information content (AvgIpc) is 2.91. The molecule has 2 aromatic carbocycles. The van der Waals surface area contributed by atoms with Crippen LogP contribution in [0.4, 0.5) is 5.69 Å². The Labute approximate surface area is 159 Å². The van der Waals surface area contributed by atoms with Crippen LogP contribution in [-0.2, 0) is 11.3 Å². The van der Waals surface area contributed by atoms with Crippen LogP contribution >= 0.6 is 11.6 Å². The van der Waals surface area contributed by atoms with Crippen LogP contribution in [0, 0.1) is 10.1 Å². The smallest absolute Gasteiger partial charge is 0.338 e. The summed E-state index contributed by atoms with van der Waals surface area (Å²) in [6.45, 7) is 1.05. The van der Waals surface area contributed by atoms with Crippen molar-refractivity contribution in [3.63, 3.8) is 0 Å². The number of fused-ring (bicyclic) bond motifs is 1. The summed E-state index contributed by atoms with van der Waals surface area (Å²) in [5, 5.41) is 11.7. The molecule has 0 saturated heterocycles. The van der Waals surface area contributed by atoms with Gasteiger partial charge in [-0.25, -0.2) is 4.79 Å². The number of benzene rings is 2. The largest absolute Gasteiger partial charge is 0.489 e. The van der Waals surface area contributed by atoms with Gasteiger partial charge in [-0.1, -0.05) is 11.6 Å². The Hall–Kier alpha value is -3.00. The number of methoxy groups -OCH3 is 1. The van der Waals surface area contributed by atoms with Gasteiger partial charge in [0, 0.05) is 12.5 Å². The summed E-state index contributed by atoms with van der Waals surface area (Å²) in [5.74, 6) is 0.343. The normalized spacial score (nSPS) is 12.8. The van der Waals surface area contributed by atoms with E-state index in [2.05, 4.69) is 4.74 Å². The van der Waals surface area contributed by atoms with Crippen LogP contribution in [0.1, 0.15) is 22.3 Å².